The van der Waals surface area contributed by atoms with Crippen LogP contribution in [0, 0.1) is 0 Å². The Morgan fingerprint density at radius 1 is 1.10 bits per heavy atom. The van der Waals surface area contributed by atoms with E-state index in [0.29, 0.717) is 6.54 Å². The molecule has 0 bridgehead atoms. The van der Waals surface area contributed by atoms with Gasteiger partial charge in [0, 0.05) is 5.75 Å². The van der Waals surface area contributed by atoms with E-state index in [1.54, 1.807) is 39.8 Å². The maximum atomic E-state index is 9.37. The standard InChI is InChI=1S/C19H21N7O3S/c27-9-16(28)10-29-13-26-15(6-22-24-26)8-25-18-17(7-23-25)19(21-12-20-18)30-11-14-4-2-1-3-5-14/h1-7,12,16,27-28H,8-11,13H2. The van der Waals surface area contributed by atoms with Crippen LogP contribution in [0.2, 0.25) is 0 Å². The van der Waals surface area contributed by atoms with E-state index >= 15 is 0 Å². The number of benzene rings is 1. The Morgan fingerprint density at radius 2 is 1.97 bits per heavy atom. The summed E-state index contributed by atoms with van der Waals surface area (Å²) >= 11 is 1.64. The van der Waals surface area contributed by atoms with Gasteiger partial charge in [0.05, 0.1) is 43.2 Å². The molecule has 11 heteroatoms. The molecule has 3 heterocycles. The molecule has 0 spiro atoms. The highest BCUT2D eigenvalue weighted by atomic mass is 32.2. The predicted molar refractivity (Wildman–Crippen MR) is 109 cm³/mol. The summed E-state index contributed by atoms with van der Waals surface area (Å²) in [6, 6.07) is 10.2. The molecule has 156 valence electrons. The molecule has 30 heavy (non-hydrogen) atoms. The highest BCUT2D eigenvalue weighted by Crippen LogP contribution is 2.27. The summed E-state index contributed by atoms with van der Waals surface area (Å²) in [4.78, 5) is 8.82. The average molecular weight is 427 g/mol. The number of hydrogen-bond donors (Lipinski definition) is 2. The van der Waals surface area contributed by atoms with Crippen LogP contribution < -0.4 is 0 Å². The van der Waals surface area contributed by atoms with Crippen molar-refractivity contribution in [2.24, 2.45) is 0 Å². The average Bonchev–Trinajstić information content (AvgIpc) is 3.40. The van der Waals surface area contributed by atoms with Crippen LogP contribution in [0.5, 0.6) is 0 Å². The Labute approximate surface area is 176 Å². The lowest BCUT2D eigenvalue weighted by atomic mass is 10.2. The van der Waals surface area contributed by atoms with Crippen LogP contribution >= 0.6 is 11.8 Å². The summed E-state index contributed by atoms with van der Waals surface area (Å²) in [5, 5.41) is 32.4. The van der Waals surface area contributed by atoms with Crippen LogP contribution in [0.4, 0.5) is 0 Å². The van der Waals surface area contributed by atoms with Gasteiger partial charge in [-0.3, -0.25) is 0 Å². The van der Waals surface area contributed by atoms with E-state index in [1.807, 2.05) is 18.2 Å². The number of aliphatic hydroxyl groups excluding tert-OH is 2. The monoisotopic (exact) mass is 427 g/mol. The minimum atomic E-state index is -0.921. The van der Waals surface area contributed by atoms with E-state index < -0.39 is 6.10 Å². The molecule has 0 aliphatic carbocycles. The highest BCUT2D eigenvalue weighted by Gasteiger charge is 2.13. The van der Waals surface area contributed by atoms with E-state index in [0.717, 1.165) is 27.5 Å². The maximum absolute atomic E-state index is 9.37. The van der Waals surface area contributed by atoms with Crippen LogP contribution in [0.1, 0.15) is 11.3 Å². The minimum absolute atomic E-state index is 0.00965. The molecule has 0 saturated carbocycles. The van der Waals surface area contributed by atoms with Crippen molar-refractivity contribution in [1.29, 1.82) is 0 Å². The van der Waals surface area contributed by atoms with Gasteiger partial charge in [-0.1, -0.05) is 35.5 Å². The fourth-order valence-corrected chi connectivity index (χ4v) is 3.74. The normalized spacial score (nSPS) is 12.5. The zero-order valence-electron chi connectivity index (χ0n) is 16.1. The van der Waals surface area contributed by atoms with Crippen molar-refractivity contribution in [3.8, 4) is 0 Å². The number of aromatic nitrogens is 7. The van der Waals surface area contributed by atoms with Gasteiger partial charge in [0.15, 0.2) is 5.65 Å². The Morgan fingerprint density at radius 3 is 2.80 bits per heavy atom. The number of hydrogen-bond acceptors (Lipinski definition) is 9. The first-order valence-corrected chi connectivity index (χ1v) is 10.3. The topological polar surface area (TPSA) is 124 Å². The van der Waals surface area contributed by atoms with Crippen LogP contribution in [0.3, 0.4) is 0 Å². The van der Waals surface area contributed by atoms with E-state index in [1.165, 1.54) is 5.56 Å². The summed E-state index contributed by atoms with van der Waals surface area (Å²) in [6.07, 6.45) is 4.02. The molecular weight excluding hydrogens is 406 g/mol. The zero-order chi connectivity index (χ0) is 20.8. The van der Waals surface area contributed by atoms with Crippen molar-refractivity contribution in [1.82, 2.24) is 34.7 Å². The molecule has 3 aromatic heterocycles. The van der Waals surface area contributed by atoms with Crippen molar-refractivity contribution in [2.45, 2.75) is 30.2 Å². The number of ether oxygens (including phenoxy) is 1. The van der Waals surface area contributed by atoms with E-state index in [-0.39, 0.29) is 19.9 Å². The van der Waals surface area contributed by atoms with E-state index in [2.05, 4.69) is 37.5 Å². The van der Waals surface area contributed by atoms with Crippen LogP contribution in [-0.4, -0.2) is 64.3 Å². The molecule has 0 aliphatic rings. The first-order valence-electron chi connectivity index (χ1n) is 9.32. The van der Waals surface area contributed by atoms with Crippen LogP contribution in [0.25, 0.3) is 11.0 Å². The number of aliphatic hydroxyl groups is 2. The fourth-order valence-electron chi connectivity index (χ4n) is 2.82. The SMILES string of the molecule is OCC(O)COCn1nncc1Cn1ncc2c(SCc3ccccc3)ncnc21. The quantitative estimate of drug-likeness (QED) is 0.283. The molecule has 1 atom stereocenters. The third-order valence-corrected chi connectivity index (χ3v) is 5.44. The Balaban J connectivity index is 1.46. The predicted octanol–water partition coefficient (Wildman–Crippen LogP) is 1.09. The molecule has 0 radical (unpaired) electrons. The second-order valence-corrected chi connectivity index (χ2v) is 7.52. The molecule has 2 N–H and O–H groups in total. The second-order valence-electron chi connectivity index (χ2n) is 6.55. The third-order valence-electron chi connectivity index (χ3n) is 4.36. The summed E-state index contributed by atoms with van der Waals surface area (Å²) in [5.74, 6) is 0.811. The minimum Gasteiger partial charge on any atom is -0.394 e. The lowest BCUT2D eigenvalue weighted by Crippen LogP contribution is -2.21. The van der Waals surface area contributed by atoms with Crippen molar-refractivity contribution in [3.63, 3.8) is 0 Å². The van der Waals surface area contributed by atoms with E-state index in [9.17, 15) is 5.11 Å². The lowest BCUT2D eigenvalue weighted by molar-refractivity contribution is -0.0217. The number of rotatable bonds is 10. The Hall–Kier alpha value is -2.86. The first kappa shape index (κ1) is 20.4. The van der Waals surface area contributed by atoms with Gasteiger partial charge in [-0.15, -0.1) is 16.9 Å². The highest BCUT2D eigenvalue weighted by molar-refractivity contribution is 7.98. The molecule has 4 rings (SSSR count). The van der Waals surface area contributed by atoms with Gasteiger partial charge in [0.25, 0.3) is 0 Å². The van der Waals surface area contributed by atoms with Crippen molar-refractivity contribution in [3.05, 3.63) is 60.3 Å². The summed E-state index contributed by atoms with van der Waals surface area (Å²) in [6.45, 7) is 0.171. The van der Waals surface area contributed by atoms with Crippen molar-refractivity contribution in [2.75, 3.05) is 13.2 Å². The summed E-state index contributed by atoms with van der Waals surface area (Å²) in [7, 11) is 0. The number of thioether (sulfide) groups is 1. The Kier molecular flexibility index (Phi) is 6.64. The first-order chi connectivity index (χ1) is 14.7. The van der Waals surface area contributed by atoms with Gasteiger partial charge in [0.1, 0.15) is 24.2 Å². The molecule has 1 unspecified atom stereocenters. The van der Waals surface area contributed by atoms with Crippen molar-refractivity contribution < 1.29 is 14.9 Å². The Bertz CT molecular complexity index is 1090. The fraction of sp³-hybridized carbons (Fsp3) is 0.316. The molecule has 0 aliphatic heterocycles. The maximum Gasteiger partial charge on any atom is 0.162 e. The van der Waals surface area contributed by atoms with Gasteiger partial charge < -0.3 is 14.9 Å². The number of nitrogens with zero attached hydrogens (tertiary/aromatic N) is 7. The van der Waals surface area contributed by atoms with Gasteiger partial charge in [-0.05, 0) is 5.56 Å². The smallest absolute Gasteiger partial charge is 0.162 e. The largest absolute Gasteiger partial charge is 0.394 e. The molecule has 0 fully saturated rings. The molecule has 0 saturated heterocycles. The van der Waals surface area contributed by atoms with Gasteiger partial charge in [-0.2, -0.15) is 5.10 Å². The second kappa shape index (κ2) is 9.76. The summed E-state index contributed by atoms with van der Waals surface area (Å²) < 4.78 is 8.70. The molecule has 4 aromatic rings. The van der Waals surface area contributed by atoms with Gasteiger partial charge >= 0.3 is 0 Å². The summed E-state index contributed by atoms with van der Waals surface area (Å²) in [5.41, 5.74) is 2.73. The van der Waals surface area contributed by atoms with Gasteiger partial charge in [-0.25, -0.2) is 19.3 Å². The van der Waals surface area contributed by atoms with Gasteiger partial charge in [0.2, 0.25) is 0 Å². The molecule has 1 aromatic carbocycles. The number of fused-ring (bicyclic) bond motifs is 1. The van der Waals surface area contributed by atoms with Crippen molar-refractivity contribution >= 4 is 22.8 Å². The third kappa shape index (κ3) is 4.82. The zero-order valence-corrected chi connectivity index (χ0v) is 16.9. The molecule has 0 amide bonds. The van der Waals surface area contributed by atoms with E-state index in [4.69, 9.17) is 9.84 Å². The molecule has 10 nitrogen and oxygen atoms in total. The lowest BCUT2D eigenvalue weighted by Gasteiger charge is -2.10. The molecular formula is C19H21N7O3S. The van der Waals surface area contributed by atoms with Crippen LogP contribution in [0.15, 0.2) is 54.1 Å². The van der Waals surface area contributed by atoms with Crippen LogP contribution in [-0.2, 0) is 23.8 Å².